The quantitative estimate of drug-likeness (QED) is 0.696. The van der Waals surface area contributed by atoms with Crippen molar-refractivity contribution in [3.8, 4) is 11.4 Å². The second kappa shape index (κ2) is 5.96. The van der Waals surface area contributed by atoms with Crippen LogP contribution in [0.1, 0.15) is 11.1 Å². The molecule has 0 fully saturated rings. The molecule has 0 atom stereocenters. The van der Waals surface area contributed by atoms with Gasteiger partial charge in [0.1, 0.15) is 13.0 Å². The summed E-state index contributed by atoms with van der Waals surface area (Å²) in [5.41, 5.74) is -1.16. The first-order valence-corrected chi connectivity index (χ1v) is 5.89. The molecule has 1 N–H and O–H groups in total. The minimum atomic E-state index is -4.62. The van der Waals surface area contributed by atoms with E-state index < -0.39 is 24.4 Å². The molecule has 1 aromatic heterocycles. The summed E-state index contributed by atoms with van der Waals surface area (Å²) in [6.07, 6.45) is -1.63. The van der Waals surface area contributed by atoms with Crippen LogP contribution in [0.25, 0.3) is 17.6 Å². The van der Waals surface area contributed by atoms with Gasteiger partial charge in [0.2, 0.25) is 0 Å². The van der Waals surface area contributed by atoms with Crippen LogP contribution in [0.3, 0.4) is 0 Å². The Labute approximate surface area is 121 Å². The average molecular weight is 315 g/mol. The van der Waals surface area contributed by atoms with E-state index in [9.17, 15) is 22.4 Å². The third-order valence-corrected chi connectivity index (χ3v) is 2.61. The van der Waals surface area contributed by atoms with E-state index in [0.717, 1.165) is 29.4 Å². The summed E-state index contributed by atoms with van der Waals surface area (Å²) in [6, 6.07) is 2.72. The number of aromatic nitrogens is 3. The van der Waals surface area contributed by atoms with E-state index in [0.29, 0.717) is 6.07 Å². The Hall–Kier alpha value is -2.71. The summed E-state index contributed by atoms with van der Waals surface area (Å²) in [5, 5.41) is 12.3. The molecular weight excluding hydrogens is 306 g/mol. The van der Waals surface area contributed by atoms with E-state index in [1.165, 1.54) is 6.07 Å². The summed E-state index contributed by atoms with van der Waals surface area (Å²) in [6.45, 7) is -1.06. The molecule has 0 aliphatic rings. The first-order valence-electron chi connectivity index (χ1n) is 5.89. The molecule has 2 rings (SSSR count). The van der Waals surface area contributed by atoms with Gasteiger partial charge in [-0.2, -0.15) is 13.2 Å². The van der Waals surface area contributed by atoms with Gasteiger partial charge in [-0.25, -0.2) is 18.9 Å². The van der Waals surface area contributed by atoms with Crippen LogP contribution in [-0.2, 0) is 17.6 Å². The number of rotatable bonds is 4. The third kappa shape index (κ3) is 3.68. The second-order valence-electron chi connectivity index (χ2n) is 4.25. The zero-order valence-electron chi connectivity index (χ0n) is 10.9. The van der Waals surface area contributed by atoms with Gasteiger partial charge in [0, 0.05) is 17.8 Å². The van der Waals surface area contributed by atoms with Crippen molar-refractivity contribution in [1.29, 1.82) is 0 Å². The van der Waals surface area contributed by atoms with Crippen LogP contribution in [0.2, 0.25) is 0 Å². The predicted octanol–water partition coefficient (Wildman–Crippen LogP) is 2.99. The standard InChI is InChI=1S/C13H9F4N3O2/c14-6-8-3-9(5-10(4-8)13(15,16)17)12-18-7-20(19-12)2-1-11(21)22/h1-5,7H,6H2,(H,21,22)/b2-1+. The Morgan fingerprint density at radius 2 is 2.05 bits per heavy atom. The Balaban J connectivity index is 2.42. The van der Waals surface area contributed by atoms with E-state index >= 15 is 0 Å². The maximum Gasteiger partial charge on any atom is 0.416 e. The van der Waals surface area contributed by atoms with Gasteiger partial charge in [-0.3, -0.25) is 0 Å². The largest absolute Gasteiger partial charge is 0.478 e. The van der Waals surface area contributed by atoms with Gasteiger partial charge in [0.05, 0.1) is 5.56 Å². The fourth-order valence-electron chi connectivity index (χ4n) is 1.68. The van der Waals surface area contributed by atoms with Crippen molar-refractivity contribution in [2.24, 2.45) is 0 Å². The number of hydrogen-bond donors (Lipinski definition) is 1. The minimum Gasteiger partial charge on any atom is -0.478 e. The van der Waals surface area contributed by atoms with Gasteiger partial charge >= 0.3 is 12.1 Å². The maximum absolute atomic E-state index is 12.8. The normalized spacial score (nSPS) is 12.0. The Kier molecular flexibility index (Phi) is 4.25. The minimum absolute atomic E-state index is 0.00931. The highest BCUT2D eigenvalue weighted by atomic mass is 19.4. The molecule has 9 heteroatoms. The topological polar surface area (TPSA) is 68.0 Å². The van der Waals surface area contributed by atoms with Crippen LogP contribution in [0.4, 0.5) is 17.6 Å². The first-order chi connectivity index (χ1) is 10.3. The van der Waals surface area contributed by atoms with Crippen molar-refractivity contribution in [2.45, 2.75) is 12.9 Å². The number of halogens is 4. The number of benzene rings is 1. The van der Waals surface area contributed by atoms with Crippen LogP contribution in [0.15, 0.2) is 30.6 Å². The highest BCUT2D eigenvalue weighted by Crippen LogP contribution is 2.32. The smallest absolute Gasteiger partial charge is 0.416 e. The molecule has 22 heavy (non-hydrogen) atoms. The lowest BCUT2D eigenvalue weighted by Crippen LogP contribution is -2.06. The molecule has 0 bridgehead atoms. The molecule has 0 saturated heterocycles. The molecule has 0 unspecified atom stereocenters. The summed E-state index contributed by atoms with van der Waals surface area (Å²) in [7, 11) is 0. The van der Waals surface area contributed by atoms with Crippen LogP contribution < -0.4 is 0 Å². The van der Waals surface area contributed by atoms with Crippen molar-refractivity contribution < 1.29 is 27.5 Å². The molecule has 116 valence electrons. The molecule has 0 spiro atoms. The third-order valence-electron chi connectivity index (χ3n) is 2.61. The number of carbonyl (C=O) groups is 1. The molecule has 0 saturated carbocycles. The van der Waals surface area contributed by atoms with E-state index in [2.05, 4.69) is 10.1 Å². The second-order valence-corrected chi connectivity index (χ2v) is 4.25. The zero-order chi connectivity index (χ0) is 16.3. The van der Waals surface area contributed by atoms with Crippen LogP contribution in [0.5, 0.6) is 0 Å². The Morgan fingerprint density at radius 1 is 1.32 bits per heavy atom. The molecule has 0 aliphatic heterocycles. The predicted molar refractivity (Wildman–Crippen MR) is 68.2 cm³/mol. The van der Waals surface area contributed by atoms with E-state index in [1.807, 2.05) is 0 Å². The first kappa shape index (κ1) is 15.7. The summed E-state index contributed by atoms with van der Waals surface area (Å²) in [4.78, 5) is 14.2. The number of aliphatic carboxylic acids is 1. The summed E-state index contributed by atoms with van der Waals surface area (Å²) in [5.74, 6) is -1.29. The van der Waals surface area contributed by atoms with E-state index in [4.69, 9.17) is 5.11 Å². The van der Waals surface area contributed by atoms with Gasteiger partial charge < -0.3 is 5.11 Å². The highest BCUT2D eigenvalue weighted by Gasteiger charge is 2.31. The van der Waals surface area contributed by atoms with Gasteiger partial charge in [-0.15, -0.1) is 5.10 Å². The van der Waals surface area contributed by atoms with Gasteiger partial charge in [0.25, 0.3) is 0 Å². The molecule has 1 aromatic carbocycles. The molecule has 0 radical (unpaired) electrons. The van der Waals surface area contributed by atoms with Gasteiger partial charge in [0.15, 0.2) is 5.82 Å². The number of carboxylic acids is 1. The van der Waals surface area contributed by atoms with E-state index in [1.54, 1.807) is 0 Å². The highest BCUT2D eigenvalue weighted by molar-refractivity contribution is 5.82. The van der Waals surface area contributed by atoms with Crippen molar-refractivity contribution in [3.63, 3.8) is 0 Å². The van der Waals surface area contributed by atoms with Crippen molar-refractivity contribution >= 4 is 12.2 Å². The molecular formula is C13H9F4N3O2. The van der Waals surface area contributed by atoms with Crippen molar-refractivity contribution in [2.75, 3.05) is 0 Å². The fourth-order valence-corrected chi connectivity index (χ4v) is 1.68. The Morgan fingerprint density at radius 3 is 2.64 bits per heavy atom. The number of hydrogen-bond acceptors (Lipinski definition) is 3. The molecule has 2 aromatic rings. The van der Waals surface area contributed by atoms with Crippen molar-refractivity contribution in [1.82, 2.24) is 14.8 Å². The summed E-state index contributed by atoms with van der Waals surface area (Å²) >= 11 is 0. The van der Waals surface area contributed by atoms with Crippen LogP contribution >= 0.6 is 0 Å². The SMILES string of the molecule is O=C(O)/C=C/n1cnc(-c2cc(CF)cc(C(F)(F)F)c2)n1. The zero-order valence-corrected chi connectivity index (χ0v) is 10.9. The van der Waals surface area contributed by atoms with Crippen molar-refractivity contribution in [3.05, 3.63) is 41.7 Å². The lowest BCUT2D eigenvalue weighted by atomic mass is 10.1. The summed E-state index contributed by atoms with van der Waals surface area (Å²) < 4.78 is 52.1. The van der Waals surface area contributed by atoms with Crippen LogP contribution in [-0.4, -0.2) is 25.8 Å². The molecule has 1 heterocycles. The fraction of sp³-hybridized carbons (Fsp3) is 0.154. The van der Waals surface area contributed by atoms with Gasteiger partial charge in [-0.05, 0) is 23.8 Å². The number of alkyl halides is 4. The molecule has 0 amide bonds. The Bertz CT molecular complexity index is 722. The maximum atomic E-state index is 12.8. The van der Waals surface area contributed by atoms with Crippen LogP contribution in [0, 0.1) is 0 Å². The van der Waals surface area contributed by atoms with E-state index in [-0.39, 0.29) is 17.0 Å². The monoisotopic (exact) mass is 315 g/mol. The lowest BCUT2D eigenvalue weighted by molar-refractivity contribution is -0.137. The number of nitrogens with zero attached hydrogens (tertiary/aromatic N) is 3. The average Bonchev–Trinajstić information content (AvgIpc) is 2.92. The molecule has 5 nitrogen and oxygen atoms in total. The lowest BCUT2D eigenvalue weighted by Gasteiger charge is -2.09. The van der Waals surface area contributed by atoms with Gasteiger partial charge in [-0.1, -0.05) is 0 Å². The molecule has 0 aliphatic carbocycles. The number of carboxylic acid groups (broad SMARTS) is 1.